The van der Waals surface area contributed by atoms with Crippen molar-refractivity contribution in [1.29, 1.82) is 0 Å². The van der Waals surface area contributed by atoms with Gasteiger partial charge in [-0.3, -0.25) is 4.79 Å². The van der Waals surface area contributed by atoms with E-state index in [9.17, 15) is 36.6 Å². The average Bonchev–Trinajstić information content (AvgIpc) is 2.79. The standard InChI is InChI=1S/C24H27ClF3NO5S/c1-3-15-10-17(8-13(2)24(15,32)6-7-30)35(33,34)21-9-14(4-5-18(21)25)23(31)29-16-11-19(26)22(28)20(27)12-16/h4-5,9,11-13,15,17,30,32H,3,6-8,10H2,1-2H3,(H,29,31)/t13-,15?,17-,24-/m0/s1. The summed E-state index contributed by atoms with van der Waals surface area (Å²) in [5, 5.41) is 21.7. The Labute approximate surface area is 207 Å². The van der Waals surface area contributed by atoms with Gasteiger partial charge in [0.2, 0.25) is 0 Å². The molecule has 1 amide bonds. The van der Waals surface area contributed by atoms with E-state index in [1.165, 1.54) is 12.1 Å². The molecule has 1 unspecified atom stereocenters. The number of nitrogens with one attached hydrogen (secondary N) is 1. The maximum atomic E-state index is 13.6. The van der Waals surface area contributed by atoms with Crippen molar-refractivity contribution in [1.82, 2.24) is 0 Å². The van der Waals surface area contributed by atoms with Gasteiger partial charge in [-0.1, -0.05) is 31.9 Å². The molecule has 6 nitrogen and oxygen atoms in total. The molecule has 1 saturated carbocycles. The second kappa shape index (κ2) is 10.5. The van der Waals surface area contributed by atoms with Gasteiger partial charge in [0.05, 0.1) is 20.8 Å². The van der Waals surface area contributed by atoms with Crippen LogP contribution in [0.1, 0.15) is 49.9 Å². The van der Waals surface area contributed by atoms with Gasteiger partial charge in [0, 0.05) is 30.0 Å². The molecule has 1 aliphatic rings. The first-order valence-corrected chi connectivity index (χ1v) is 13.1. The number of benzene rings is 2. The van der Waals surface area contributed by atoms with Gasteiger partial charge in [-0.2, -0.15) is 0 Å². The summed E-state index contributed by atoms with van der Waals surface area (Å²) >= 11 is 6.20. The Morgan fingerprint density at radius 3 is 2.37 bits per heavy atom. The summed E-state index contributed by atoms with van der Waals surface area (Å²) in [5.41, 5.74) is -1.67. The van der Waals surface area contributed by atoms with Crippen molar-refractivity contribution in [3.63, 3.8) is 0 Å². The van der Waals surface area contributed by atoms with E-state index in [-0.39, 0.29) is 53.0 Å². The van der Waals surface area contributed by atoms with E-state index in [1.54, 1.807) is 6.92 Å². The van der Waals surface area contributed by atoms with E-state index < -0.39 is 50.0 Å². The molecule has 3 rings (SSSR count). The smallest absolute Gasteiger partial charge is 0.255 e. The normalized spacial score (nSPS) is 24.9. The Morgan fingerprint density at radius 2 is 1.80 bits per heavy atom. The van der Waals surface area contributed by atoms with Crippen molar-refractivity contribution in [2.45, 2.75) is 55.3 Å². The number of amides is 1. The molecule has 0 aromatic heterocycles. The van der Waals surface area contributed by atoms with Crippen LogP contribution >= 0.6 is 11.6 Å². The van der Waals surface area contributed by atoms with Crippen LogP contribution in [0, 0.1) is 29.3 Å². The van der Waals surface area contributed by atoms with Crippen LogP contribution in [-0.2, 0) is 9.84 Å². The summed E-state index contributed by atoms with van der Waals surface area (Å²) in [7, 11) is -4.04. The molecule has 0 heterocycles. The second-order valence-electron chi connectivity index (χ2n) is 8.96. The maximum Gasteiger partial charge on any atom is 0.255 e. The van der Waals surface area contributed by atoms with Crippen LogP contribution in [0.3, 0.4) is 0 Å². The quantitative estimate of drug-likeness (QED) is 0.447. The third-order valence-corrected chi connectivity index (χ3v) is 9.56. The Kier molecular flexibility index (Phi) is 8.20. The molecule has 3 N–H and O–H groups in total. The SMILES string of the molecule is CCC1C[C@@H](S(=O)(=O)c2cc(C(=O)Nc3cc(F)c(F)c(F)c3)ccc2Cl)C[C@H](C)[C@@]1(O)CCO. The molecule has 192 valence electrons. The van der Waals surface area contributed by atoms with Crippen molar-refractivity contribution in [2.24, 2.45) is 11.8 Å². The fraction of sp³-hybridized carbons (Fsp3) is 0.458. The van der Waals surface area contributed by atoms with Gasteiger partial charge >= 0.3 is 0 Å². The van der Waals surface area contributed by atoms with E-state index in [0.717, 1.165) is 6.07 Å². The van der Waals surface area contributed by atoms with Gasteiger partial charge in [0.25, 0.3) is 5.91 Å². The highest BCUT2D eigenvalue weighted by Gasteiger charge is 2.49. The van der Waals surface area contributed by atoms with Gasteiger partial charge < -0.3 is 15.5 Å². The van der Waals surface area contributed by atoms with Gasteiger partial charge in [-0.15, -0.1) is 0 Å². The molecular formula is C24H27ClF3NO5S. The highest BCUT2D eigenvalue weighted by atomic mass is 35.5. The summed E-state index contributed by atoms with van der Waals surface area (Å²) in [4.78, 5) is 12.4. The first-order valence-electron chi connectivity index (χ1n) is 11.2. The maximum absolute atomic E-state index is 13.6. The predicted molar refractivity (Wildman–Crippen MR) is 126 cm³/mol. The number of hydrogen-bond acceptors (Lipinski definition) is 5. The van der Waals surface area contributed by atoms with Crippen LogP contribution in [0.2, 0.25) is 5.02 Å². The first-order chi connectivity index (χ1) is 16.3. The van der Waals surface area contributed by atoms with Crippen LogP contribution in [-0.4, -0.2) is 42.0 Å². The lowest BCUT2D eigenvalue weighted by molar-refractivity contribution is -0.102. The van der Waals surface area contributed by atoms with E-state index in [1.807, 2.05) is 6.92 Å². The van der Waals surface area contributed by atoms with Crippen molar-refractivity contribution >= 4 is 33.0 Å². The zero-order chi connectivity index (χ0) is 26.1. The van der Waals surface area contributed by atoms with Crippen LogP contribution in [0.4, 0.5) is 18.9 Å². The second-order valence-corrected chi connectivity index (χ2v) is 11.6. The summed E-state index contributed by atoms with van der Waals surface area (Å²) in [6.45, 7) is 3.36. The lowest BCUT2D eigenvalue weighted by atomic mass is 9.66. The van der Waals surface area contributed by atoms with Crippen LogP contribution < -0.4 is 5.32 Å². The van der Waals surface area contributed by atoms with E-state index in [2.05, 4.69) is 5.32 Å². The summed E-state index contributed by atoms with van der Waals surface area (Å²) < 4.78 is 67.2. The minimum absolute atomic E-state index is 0.0997. The molecule has 0 spiro atoms. The fourth-order valence-corrected chi connectivity index (χ4v) is 7.35. The monoisotopic (exact) mass is 533 g/mol. The molecule has 0 bridgehead atoms. The largest absolute Gasteiger partial charge is 0.396 e. The molecule has 35 heavy (non-hydrogen) atoms. The number of aliphatic hydroxyl groups is 2. The lowest BCUT2D eigenvalue weighted by Crippen LogP contribution is -2.52. The number of carbonyl (C=O) groups is 1. The minimum Gasteiger partial charge on any atom is -0.396 e. The number of halogens is 4. The lowest BCUT2D eigenvalue weighted by Gasteiger charge is -2.47. The van der Waals surface area contributed by atoms with Gasteiger partial charge in [0.15, 0.2) is 27.3 Å². The summed E-state index contributed by atoms with van der Waals surface area (Å²) in [5.74, 6) is -6.31. The van der Waals surface area contributed by atoms with Gasteiger partial charge in [0.1, 0.15) is 0 Å². The first kappa shape index (κ1) is 27.4. The molecule has 1 aliphatic carbocycles. The highest BCUT2D eigenvalue weighted by molar-refractivity contribution is 7.92. The van der Waals surface area contributed by atoms with Crippen LogP contribution in [0.5, 0.6) is 0 Å². The summed E-state index contributed by atoms with van der Waals surface area (Å²) in [6, 6.07) is 4.78. The van der Waals surface area contributed by atoms with E-state index >= 15 is 0 Å². The number of hydrogen-bond donors (Lipinski definition) is 3. The van der Waals surface area contributed by atoms with Crippen molar-refractivity contribution in [2.75, 3.05) is 11.9 Å². The van der Waals surface area contributed by atoms with Crippen LogP contribution in [0.15, 0.2) is 35.2 Å². The molecular weight excluding hydrogens is 507 g/mol. The molecule has 0 radical (unpaired) electrons. The zero-order valence-electron chi connectivity index (χ0n) is 19.2. The van der Waals surface area contributed by atoms with Gasteiger partial charge in [-0.05, 0) is 49.3 Å². The third-order valence-electron chi connectivity index (χ3n) is 6.91. The summed E-state index contributed by atoms with van der Waals surface area (Å²) in [6.07, 6.45) is 0.936. The number of sulfone groups is 1. The molecule has 4 atom stereocenters. The van der Waals surface area contributed by atoms with E-state index in [4.69, 9.17) is 11.6 Å². The molecule has 0 aliphatic heterocycles. The van der Waals surface area contributed by atoms with Crippen LogP contribution in [0.25, 0.3) is 0 Å². The predicted octanol–water partition coefficient (Wildman–Crippen LogP) is 4.72. The topological polar surface area (TPSA) is 104 Å². The Hall–Kier alpha value is -2.14. The molecule has 2 aromatic rings. The molecule has 1 fully saturated rings. The number of anilines is 1. The minimum atomic E-state index is -4.04. The Morgan fingerprint density at radius 1 is 1.17 bits per heavy atom. The zero-order valence-corrected chi connectivity index (χ0v) is 20.8. The Bertz CT molecular complexity index is 1200. The fourth-order valence-electron chi connectivity index (χ4n) is 4.89. The van der Waals surface area contributed by atoms with E-state index in [0.29, 0.717) is 18.6 Å². The van der Waals surface area contributed by atoms with Gasteiger partial charge in [-0.25, -0.2) is 21.6 Å². The number of rotatable bonds is 7. The van der Waals surface area contributed by atoms with Crippen molar-refractivity contribution in [3.8, 4) is 0 Å². The van der Waals surface area contributed by atoms with Crippen molar-refractivity contribution in [3.05, 3.63) is 58.4 Å². The Balaban J connectivity index is 1.90. The molecule has 0 saturated heterocycles. The number of aliphatic hydroxyl groups excluding tert-OH is 1. The number of carbonyl (C=O) groups excluding carboxylic acids is 1. The average molecular weight is 534 g/mol. The third kappa shape index (κ3) is 5.35. The molecule has 2 aromatic carbocycles. The molecule has 11 heteroatoms. The van der Waals surface area contributed by atoms with Crippen molar-refractivity contribution < 1.29 is 36.6 Å². The highest BCUT2D eigenvalue weighted by Crippen LogP contribution is 2.46.